The van der Waals surface area contributed by atoms with Crippen LogP contribution in [-0.2, 0) is 11.3 Å². The zero-order chi connectivity index (χ0) is 14.7. The maximum Gasteiger partial charge on any atom is 0.262 e. The fourth-order valence-corrected chi connectivity index (χ4v) is 3.09. The van der Waals surface area contributed by atoms with Crippen LogP contribution < -0.4 is 5.32 Å². The Morgan fingerprint density at radius 2 is 2.30 bits per heavy atom. The topological polar surface area (TPSA) is 58.6 Å². The second kappa shape index (κ2) is 6.30. The van der Waals surface area contributed by atoms with Gasteiger partial charge in [-0.1, -0.05) is 6.07 Å². The average molecular weight is 297 g/mol. The van der Waals surface area contributed by atoms with Gasteiger partial charge in [-0.25, -0.2) is 4.39 Å². The molecule has 6 heteroatoms. The Bertz CT molecular complexity index is 626. The number of carbonyl (C=O) groups is 1. The summed E-state index contributed by atoms with van der Waals surface area (Å²) < 4.78 is 19.7. The van der Waals surface area contributed by atoms with E-state index in [1.54, 1.807) is 19.1 Å². The maximum atomic E-state index is 14.0. The van der Waals surface area contributed by atoms with Crippen molar-refractivity contribution >= 4 is 27.3 Å². The molecule has 0 spiro atoms. The lowest BCUT2D eigenvalue weighted by Crippen LogP contribution is -2.35. The molecule has 0 bridgehead atoms. The molecule has 1 heterocycles. The molecular formula is C14H16FNO3S. The summed E-state index contributed by atoms with van der Waals surface area (Å²) >= 11 is 1.22. The summed E-state index contributed by atoms with van der Waals surface area (Å²) in [5, 5.41) is 12.1. The number of fused-ring (bicyclic) bond motifs is 1. The summed E-state index contributed by atoms with van der Waals surface area (Å²) in [7, 11) is 1.50. The lowest BCUT2D eigenvalue weighted by molar-refractivity contribution is 0.0922. The predicted molar refractivity (Wildman–Crippen MR) is 76.5 cm³/mol. The Labute approximate surface area is 120 Å². The molecule has 0 saturated heterocycles. The summed E-state index contributed by atoms with van der Waals surface area (Å²) in [5.74, 6) is -0.681. The van der Waals surface area contributed by atoms with E-state index in [4.69, 9.17) is 9.84 Å². The highest BCUT2D eigenvalue weighted by atomic mass is 32.1. The number of benzene rings is 1. The van der Waals surface area contributed by atoms with Crippen molar-refractivity contribution in [2.45, 2.75) is 19.6 Å². The first-order chi connectivity index (χ1) is 9.58. The van der Waals surface area contributed by atoms with Crippen molar-refractivity contribution in [3.05, 3.63) is 34.5 Å². The van der Waals surface area contributed by atoms with Gasteiger partial charge in [0.15, 0.2) is 0 Å². The summed E-state index contributed by atoms with van der Waals surface area (Å²) in [6.07, 6.45) is 0. The molecule has 1 aromatic heterocycles. The van der Waals surface area contributed by atoms with Crippen molar-refractivity contribution in [3.8, 4) is 0 Å². The third-order valence-electron chi connectivity index (χ3n) is 2.91. The minimum atomic E-state index is -0.361. The minimum absolute atomic E-state index is 0.148. The number of nitrogens with one attached hydrogen (secondary N) is 1. The van der Waals surface area contributed by atoms with Gasteiger partial charge in [0.05, 0.1) is 18.1 Å². The highest BCUT2D eigenvalue weighted by Gasteiger charge is 2.21. The molecule has 0 aliphatic rings. The van der Waals surface area contributed by atoms with Crippen molar-refractivity contribution in [1.82, 2.24) is 5.32 Å². The summed E-state index contributed by atoms with van der Waals surface area (Å²) in [6, 6.07) is 4.40. The first kappa shape index (κ1) is 14.9. The molecule has 1 unspecified atom stereocenters. The Kier molecular flexibility index (Phi) is 4.69. The van der Waals surface area contributed by atoms with Crippen LogP contribution in [0.4, 0.5) is 4.39 Å². The van der Waals surface area contributed by atoms with E-state index in [2.05, 4.69) is 5.32 Å². The molecule has 0 fully saturated rings. The molecule has 2 aromatic rings. The normalized spacial score (nSPS) is 12.6. The molecule has 2 N–H and O–H groups in total. The molecule has 1 aromatic carbocycles. The van der Waals surface area contributed by atoms with Gasteiger partial charge in [0.1, 0.15) is 5.82 Å². The second-order valence-electron chi connectivity index (χ2n) is 4.51. The van der Waals surface area contributed by atoms with Gasteiger partial charge in [0, 0.05) is 28.8 Å². The van der Waals surface area contributed by atoms with E-state index >= 15 is 0 Å². The van der Waals surface area contributed by atoms with E-state index < -0.39 is 0 Å². The van der Waals surface area contributed by atoms with Crippen LogP contribution >= 0.6 is 11.3 Å². The van der Waals surface area contributed by atoms with Crippen molar-refractivity contribution < 1.29 is 19.0 Å². The maximum absolute atomic E-state index is 14.0. The predicted octanol–water partition coefficient (Wildman–Crippen LogP) is 2.30. The molecule has 2 rings (SSSR count). The third kappa shape index (κ3) is 2.82. The number of hydrogen-bond acceptors (Lipinski definition) is 4. The van der Waals surface area contributed by atoms with Gasteiger partial charge in [-0.15, -0.1) is 11.3 Å². The molecule has 0 aliphatic heterocycles. The Morgan fingerprint density at radius 3 is 2.95 bits per heavy atom. The minimum Gasteiger partial charge on any atom is -0.394 e. The number of carbonyl (C=O) groups excluding carboxylic acids is 1. The van der Waals surface area contributed by atoms with E-state index in [0.717, 1.165) is 0 Å². The number of rotatable bonds is 5. The van der Waals surface area contributed by atoms with Crippen LogP contribution in [0.2, 0.25) is 0 Å². The second-order valence-corrected chi connectivity index (χ2v) is 5.57. The number of halogens is 1. The molecular weight excluding hydrogens is 281 g/mol. The first-order valence-electron chi connectivity index (χ1n) is 6.19. The third-order valence-corrected chi connectivity index (χ3v) is 4.11. The zero-order valence-electron chi connectivity index (χ0n) is 11.3. The standard InChI is InChI=1S/C14H16FNO3S/c1-8(6-17)16-14(18)13-9(7-19-2)12-10(15)4-3-5-11(12)20-13/h3-5,8,17H,6-7H2,1-2H3,(H,16,18). The van der Waals surface area contributed by atoms with Crippen molar-refractivity contribution in [3.63, 3.8) is 0 Å². The number of methoxy groups -OCH3 is 1. The zero-order valence-corrected chi connectivity index (χ0v) is 12.1. The van der Waals surface area contributed by atoms with Crippen molar-refractivity contribution in [2.24, 2.45) is 0 Å². The van der Waals surface area contributed by atoms with Gasteiger partial charge in [-0.05, 0) is 19.1 Å². The van der Waals surface area contributed by atoms with E-state index in [-0.39, 0.29) is 31.0 Å². The van der Waals surface area contributed by atoms with Gasteiger partial charge in [0.2, 0.25) is 0 Å². The quantitative estimate of drug-likeness (QED) is 0.890. The fraction of sp³-hybridized carbons (Fsp3) is 0.357. The van der Waals surface area contributed by atoms with Crippen LogP contribution in [0.15, 0.2) is 18.2 Å². The van der Waals surface area contributed by atoms with E-state index in [1.165, 1.54) is 24.5 Å². The SMILES string of the molecule is COCc1c(C(=O)NC(C)CO)sc2cccc(F)c12. The molecule has 0 aliphatic carbocycles. The number of hydrogen-bond donors (Lipinski definition) is 2. The van der Waals surface area contributed by atoms with Crippen LogP contribution in [0.1, 0.15) is 22.2 Å². The lowest BCUT2D eigenvalue weighted by Gasteiger charge is -2.10. The fourth-order valence-electron chi connectivity index (χ4n) is 1.97. The van der Waals surface area contributed by atoms with Crippen molar-refractivity contribution in [1.29, 1.82) is 0 Å². The van der Waals surface area contributed by atoms with Crippen LogP contribution in [0.3, 0.4) is 0 Å². The molecule has 1 atom stereocenters. The highest BCUT2D eigenvalue weighted by Crippen LogP contribution is 2.33. The van der Waals surface area contributed by atoms with Crippen molar-refractivity contribution in [2.75, 3.05) is 13.7 Å². The number of amides is 1. The largest absolute Gasteiger partial charge is 0.394 e. The van der Waals surface area contributed by atoms with Crippen LogP contribution in [0.5, 0.6) is 0 Å². The number of aliphatic hydroxyl groups is 1. The first-order valence-corrected chi connectivity index (χ1v) is 7.00. The Balaban J connectivity index is 2.49. The molecule has 20 heavy (non-hydrogen) atoms. The van der Waals surface area contributed by atoms with E-state index in [1.807, 2.05) is 0 Å². The number of ether oxygens (including phenoxy) is 1. The average Bonchev–Trinajstić information content (AvgIpc) is 2.79. The molecule has 4 nitrogen and oxygen atoms in total. The van der Waals surface area contributed by atoms with Gasteiger partial charge >= 0.3 is 0 Å². The van der Waals surface area contributed by atoms with Crippen LogP contribution in [0.25, 0.3) is 10.1 Å². The van der Waals surface area contributed by atoms with Gasteiger partial charge in [0.25, 0.3) is 5.91 Å². The molecule has 108 valence electrons. The number of aliphatic hydroxyl groups excluding tert-OH is 1. The Morgan fingerprint density at radius 1 is 1.55 bits per heavy atom. The summed E-state index contributed by atoms with van der Waals surface area (Å²) in [4.78, 5) is 12.6. The molecule has 0 radical (unpaired) electrons. The summed E-state index contributed by atoms with van der Waals surface area (Å²) in [6.45, 7) is 1.71. The van der Waals surface area contributed by atoms with Crippen LogP contribution in [0, 0.1) is 5.82 Å². The smallest absolute Gasteiger partial charge is 0.262 e. The molecule has 0 saturated carbocycles. The lowest BCUT2D eigenvalue weighted by atomic mass is 10.1. The summed E-state index contributed by atoms with van der Waals surface area (Å²) in [5.41, 5.74) is 0.549. The van der Waals surface area contributed by atoms with E-state index in [0.29, 0.717) is 20.5 Å². The Hall–Kier alpha value is -1.50. The van der Waals surface area contributed by atoms with Gasteiger partial charge in [-0.2, -0.15) is 0 Å². The van der Waals surface area contributed by atoms with Gasteiger partial charge in [-0.3, -0.25) is 4.79 Å². The van der Waals surface area contributed by atoms with Gasteiger partial charge < -0.3 is 15.2 Å². The number of thiophene rings is 1. The van der Waals surface area contributed by atoms with E-state index in [9.17, 15) is 9.18 Å². The highest BCUT2D eigenvalue weighted by molar-refractivity contribution is 7.21. The van der Waals surface area contributed by atoms with Crippen LogP contribution in [-0.4, -0.2) is 30.8 Å². The molecule has 1 amide bonds. The monoisotopic (exact) mass is 297 g/mol.